The molecule has 0 bridgehead atoms. The highest BCUT2D eigenvalue weighted by Crippen LogP contribution is 2.12. The molecule has 0 aliphatic rings. The van der Waals surface area contributed by atoms with E-state index in [-0.39, 0.29) is 5.56 Å². The van der Waals surface area contributed by atoms with Gasteiger partial charge in [-0.2, -0.15) is 5.10 Å². The third kappa shape index (κ3) is 4.98. The van der Waals surface area contributed by atoms with Crippen LogP contribution in [0.2, 0.25) is 0 Å². The van der Waals surface area contributed by atoms with E-state index in [9.17, 15) is 9.18 Å². The van der Waals surface area contributed by atoms with Crippen LogP contribution in [0.5, 0.6) is 5.75 Å². The summed E-state index contributed by atoms with van der Waals surface area (Å²) in [7, 11) is 0. The Kier molecular flexibility index (Phi) is 5.67. The zero-order valence-electron chi connectivity index (χ0n) is 13.8. The monoisotopic (exact) mass is 349 g/mol. The molecule has 0 fully saturated rings. The lowest BCUT2D eigenvalue weighted by molar-refractivity contribution is 0.0954. The molecule has 0 aliphatic heterocycles. The van der Waals surface area contributed by atoms with Crippen LogP contribution in [-0.4, -0.2) is 17.1 Å². The molecule has 0 aliphatic carbocycles. The van der Waals surface area contributed by atoms with Crippen molar-refractivity contribution in [2.45, 2.75) is 6.61 Å². The van der Waals surface area contributed by atoms with Crippen LogP contribution in [0.4, 0.5) is 4.39 Å². The molecule has 3 aromatic rings. The van der Waals surface area contributed by atoms with Crippen LogP contribution in [0.15, 0.2) is 78.0 Å². The van der Waals surface area contributed by atoms with Crippen LogP contribution >= 0.6 is 0 Å². The van der Waals surface area contributed by atoms with Crippen LogP contribution in [0, 0.1) is 5.82 Å². The van der Waals surface area contributed by atoms with Crippen LogP contribution in [0.25, 0.3) is 0 Å². The molecule has 0 saturated carbocycles. The van der Waals surface area contributed by atoms with Gasteiger partial charge in [-0.05, 0) is 60.2 Å². The smallest absolute Gasteiger partial charge is 0.271 e. The normalized spacial score (nSPS) is 10.7. The van der Waals surface area contributed by atoms with Crippen molar-refractivity contribution in [2.75, 3.05) is 0 Å². The molecule has 0 radical (unpaired) electrons. The van der Waals surface area contributed by atoms with Gasteiger partial charge in [0.05, 0.1) is 11.9 Å². The fourth-order valence-corrected chi connectivity index (χ4v) is 2.15. The van der Waals surface area contributed by atoms with E-state index >= 15 is 0 Å². The van der Waals surface area contributed by atoms with Crippen LogP contribution in [0.3, 0.4) is 0 Å². The molecule has 2 aromatic carbocycles. The maximum atomic E-state index is 13.1. The summed E-state index contributed by atoms with van der Waals surface area (Å²) < 4.78 is 18.7. The fourth-order valence-electron chi connectivity index (χ4n) is 2.15. The molecule has 1 aromatic heterocycles. The summed E-state index contributed by atoms with van der Waals surface area (Å²) in [6, 6.07) is 18.3. The number of rotatable bonds is 6. The fraction of sp³-hybridized carbons (Fsp3) is 0.0500. The van der Waals surface area contributed by atoms with E-state index in [1.165, 1.54) is 24.4 Å². The number of halogens is 1. The second-order valence-electron chi connectivity index (χ2n) is 5.39. The SMILES string of the molecule is O=C(N/N=C/c1ccc(OCc2ccccn2)cc1)c1cccc(F)c1. The standard InChI is InChI=1S/C20H16FN3O2/c21-17-5-3-4-16(12-17)20(25)24-23-13-15-7-9-19(10-8-15)26-14-18-6-1-2-11-22-18/h1-13H,14H2,(H,24,25)/b23-13+. The Bertz CT molecular complexity index is 896. The number of amides is 1. The topological polar surface area (TPSA) is 63.6 Å². The molecule has 130 valence electrons. The maximum Gasteiger partial charge on any atom is 0.271 e. The number of nitrogens with zero attached hydrogens (tertiary/aromatic N) is 2. The molecule has 0 saturated heterocycles. The van der Waals surface area contributed by atoms with Gasteiger partial charge in [0.2, 0.25) is 0 Å². The van der Waals surface area contributed by atoms with Gasteiger partial charge in [0.25, 0.3) is 5.91 Å². The van der Waals surface area contributed by atoms with Crippen molar-refractivity contribution in [3.8, 4) is 5.75 Å². The summed E-state index contributed by atoms with van der Waals surface area (Å²) in [6.45, 7) is 0.387. The number of carbonyl (C=O) groups excluding carboxylic acids is 1. The van der Waals surface area contributed by atoms with Gasteiger partial charge in [-0.1, -0.05) is 12.1 Å². The predicted octanol–water partition coefficient (Wildman–Crippen LogP) is 3.56. The van der Waals surface area contributed by atoms with Crippen molar-refractivity contribution >= 4 is 12.1 Å². The van der Waals surface area contributed by atoms with E-state index in [1.54, 1.807) is 18.3 Å². The van der Waals surface area contributed by atoms with E-state index < -0.39 is 11.7 Å². The molecule has 1 N–H and O–H groups in total. The third-order valence-electron chi connectivity index (χ3n) is 3.46. The average molecular weight is 349 g/mol. The minimum atomic E-state index is -0.476. The van der Waals surface area contributed by atoms with Gasteiger partial charge in [0, 0.05) is 11.8 Å². The summed E-state index contributed by atoms with van der Waals surface area (Å²) in [5.74, 6) is -0.240. The van der Waals surface area contributed by atoms with Crippen molar-refractivity contribution in [1.29, 1.82) is 0 Å². The van der Waals surface area contributed by atoms with Gasteiger partial charge >= 0.3 is 0 Å². The summed E-state index contributed by atoms with van der Waals surface area (Å²) in [5.41, 5.74) is 4.20. The minimum Gasteiger partial charge on any atom is -0.487 e. The molecule has 3 rings (SSSR count). The second kappa shape index (κ2) is 8.53. The molecule has 1 amide bonds. The molecule has 6 heteroatoms. The Morgan fingerprint density at radius 1 is 1.12 bits per heavy atom. The first-order valence-electron chi connectivity index (χ1n) is 7.92. The highest BCUT2D eigenvalue weighted by Gasteiger charge is 2.04. The van der Waals surface area contributed by atoms with Gasteiger partial charge in [-0.25, -0.2) is 9.82 Å². The molecule has 26 heavy (non-hydrogen) atoms. The third-order valence-corrected chi connectivity index (χ3v) is 3.46. The summed E-state index contributed by atoms with van der Waals surface area (Å²) in [5, 5.41) is 3.87. The minimum absolute atomic E-state index is 0.209. The number of hydrazone groups is 1. The summed E-state index contributed by atoms with van der Waals surface area (Å²) in [6.07, 6.45) is 3.22. The number of hydrogen-bond acceptors (Lipinski definition) is 4. The van der Waals surface area contributed by atoms with Gasteiger partial charge in [-0.15, -0.1) is 0 Å². The number of aromatic nitrogens is 1. The first-order chi connectivity index (χ1) is 12.7. The van der Waals surface area contributed by atoms with Gasteiger partial charge in [-0.3, -0.25) is 9.78 Å². The largest absolute Gasteiger partial charge is 0.487 e. The summed E-state index contributed by atoms with van der Waals surface area (Å²) >= 11 is 0. The van der Waals surface area contributed by atoms with Gasteiger partial charge < -0.3 is 4.74 Å². The Morgan fingerprint density at radius 2 is 1.96 bits per heavy atom. The quantitative estimate of drug-likeness (QED) is 0.547. The highest BCUT2D eigenvalue weighted by molar-refractivity contribution is 5.94. The van der Waals surface area contributed by atoms with E-state index in [2.05, 4.69) is 15.5 Å². The molecular formula is C20H16FN3O2. The predicted molar refractivity (Wildman–Crippen MR) is 96.5 cm³/mol. The molecule has 1 heterocycles. The number of carbonyl (C=O) groups is 1. The Labute approximate surface area is 150 Å². The van der Waals surface area contributed by atoms with E-state index in [1.807, 2.05) is 30.3 Å². The average Bonchev–Trinajstić information content (AvgIpc) is 2.68. The van der Waals surface area contributed by atoms with Crippen LogP contribution < -0.4 is 10.2 Å². The van der Waals surface area contributed by atoms with E-state index in [0.29, 0.717) is 12.4 Å². The lowest BCUT2D eigenvalue weighted by Crippen LogP contribution is -2.17. The van der Waals surface area contributed by atoms with Crippen molar-refractivity contribution < 1.29 is 13.9 Å². The Hall–Kier alpha value is -3.54. The zero-order valence-corrected chi connectivity index (χ0v) is 13.8. The van der Waals surface area contributed by atoms with Crippen molar-refractivity contribution in [3.63, 3.8) is 0 Å². The number of pyridine rings is 1. The number of nitrogens with one attached hydrogen (secondary N) is 1. The summed E-state index contributed by atoms with van der Waals surface area (Å²) in [4.78, 5) is 16.0. The molecule has 0 spiro atoms. The first-order valence-corrected chi connectivity index (χ1v) is 7.92. The molecule has 0 unspecified atom stereocenters. The molecule has 5 nitrogen and oxygen atoms in total. The molecular weight excluding hydrogens is 333 g/mol. The van der Waals surface area contributed by atoms with E-state index in [4.69, 9.17) is 4.74 Å². The van der Waals surface area contributed by atoms with Crippen LogP contribution in [-0.2, 0) is 6.61 Å². The number of ether oxygens (including phenoxy) is 1. The molecule has 0 atom stereocenters. The second-order valence-corrected chi connectivity index (χ2v) is 5.39. The first kappa shape index (κ1) is 17.3. The van der Waals surface area contributed by atoms with Crippen molar-refractivity contribution in [1.82, 2.24) is 10.4 Å². The van der Waals surface area contributed by atoms with Gasteiger partial charge in [0.1, 0.15) is 18.2 Å². The van der Waals surface area contributed by atoms with E-state index in [0.717, 1.165) is 17.3 Å². The highest BCUT2D eigenvalue weighted by atomic mass is 19.1. The number of benzene rings is 2. The Balaban J connectivity index is 1.52. The maximum absolute atomic E-state index is 13.1. The van der Waals surface area contributed by atoms with Crippen LogP contribution in [0.1, 0.15) is 21.6 Å². The lowest BCUT2D eigenvalue weighted by atomic mass is 10.2. The van der Waals surface area contributed by atoms with Crippen molar-refractivity contribution in [2.24, 2.45) is 5.10 Å². The lowest BCUT2D eigenvalue weighted by Gasteiger charge is -2.05. The Morgan fingerprint density at radius 3 is 2.69 bits per heavy atom. The van der Waals surface area contributed by atoms with Gasteiger partial charge in [0.15, 0.2) is 0 Å². The van der Waals surface area contributed by atoms with Crippen molar-refractivity contribution in [3.05, 3.63) is 95.6 Å². The zero-order chi connectivity index (χ0) is 18.2. The number of hydrogen-bond donors (Lipinski definition) is 1.